The zero-order valence-electron chi connectivity index (χ0n) is 13.4. The van der Waals surface area contributed by atoms with Crippen molar-refractivity contribution >= 4 is 33.8 Å². The predicted molar refractivity (Wildman–Crippen MR) is 96.3 cm³/mol. The zero-order chi connectivity index (χ0) is 17.1. The molecule has 124 valence electrons. The molecule has 24 heavy (non-hydrogen) atoms. The van der Waals surface area contributed by atoms with E-state index in [4.69, 9.17) is 11.6 Å². The summed E-state index contributed by atoms with van der Waals surface area (Å²) in [7, 11) is 0. The monoisotopic (exact) mass is 360 g/mol. The van der Waals surface area contributed by atoms with E-state index >= 15 is 0 Å². The van der Waals surface area contributed by atoms with Gasteiger partial charge in [-0.1, -0.05) is 23.7 Å². The number of hydrogen-bond donors (Lipinski definition) is 2. The summed E-state index contributed by atoms with van der Waals surface area (Å²) in [5.74, 6) is -0.0831. The molecule has 6 heteroatoms. The first kappa shape index (κ1) is 17.0. The molecule has 2 aromatic rings. The fourth-order valence-corrected chi connectivity index (χ4v) is 4.45. The minimum absolute atomic E-state index is 0.0831. The third kappa shape index (κ3) is 3.62. The van der Waals surface area contributed by atoms with Gasteiger partial charge in [0.1, 0.15) is 17.1 Å². The van der Waals surface area contributed by atoms with Crippen LogP contribution in [0, 0.1) is 11.3 Å². The fourth-order valence-electron chi connectivity index (χ4n) is 3.00. The van der Waals surface area contributed by atoms with Crippen LogP contribution in [0.15, 0.2) is 24.3 Å². The summed E-state index contributed by atoms with van der Waals surface area (Å²) in [6.07, 6.45) is 3.07. The lowest BCUT2D eigenvalue weighted by molar-refractivity contribution is -0.682. The molecule has 1 aromatic carbocycles. The van der Waals surface area contributed by atoms with Gasteiger partial charge in [-0.15, -0.1) is 11.3 Å². The molecule has 1 aliphatic carbocycles. The Morgan fingerprint density at radius 1 is 1.50 bits per heavy atom. The maximum absolute atomic E-state index is 12.2. The molecule has 0 spiro atoms. The lowest BCUT2D eigenvalue weighted by atomic mass is 10.1. The first-order chi connectivity index (χ1) is 11.6. The molecule has 0 saturated carbocycles. The average Bonchev–Trinajstić information content (AvgIpc) is 3.13. The van der Waals surface area contributed by atoms with Gasteiger partial charge in [-0.05, 0) is 43.9 Å². The summed E-state index contributed by atoms with van der Waals surface area (Å²) in [6, 6.07) is 10.1. The molecule has 0 saturated heterocycles. The predicted octanol–water partition coefficient (Wildman–Crippen LogP) is 3.02. The number of nitrogens with one attached hydrogen (secondary N) is 1. The molecule has 1 heterocycles. The highest BCUT2D eigenvalue weighted by Crippen LogP contribution is 2.38. The molecular weight excluding hydrogens is 342 g/mol. The minimum Gasteiger partial charge on any atom is -0.333 e. The van der Waals surface area contributed by atoms with Gasteiger partial charge in [0.2, 0.25) is 0 Å². The maximum Gasteiger partial charge on any atom is 0.280 e. The number of hydrogen-bond acceptors (Lipinski definition) is 3. The van der Waals surface area contributed by atoms with Gasteiger partial charge < -0.3 is 10.6 Å². The number of quaternary nitrogens is 1. The number of anilines is 1. The number of nitrogens with zero attached hydrogens (tertiary/aromatic N) is 1. The quantitative estimate of drug-likeness (QED) is 0.860. The van der Waals surface area contributed by atoms with Gasteiger partial charge in [0.05, 0.1) is 5.56 Å². The summed E-state index contributed by atoms with van der Waals surface area (Å²) in [4.78, 5) is 13.5. The van der Waals surface area contributed by atoms with Crippen molar-refractivity contribution in [3.05, 3.63) is 50.9 Å². The number of halogens is 1. The number of amides is 1. The van der Waals surface area contributed by atoms with Gasteiger partial charge in [0.15, 0.2) is 6.54 Å². The summed E-state index contributed by atoms with van der Waals surface area (Å²) in [5, 5.41) is 15.6. The lowest BCUT2D eigenvalue weighted by Crippen LogP contribution is -2.86. The van der Waals surface area contributed by atoms with Gasteiger partial charge >= 0.3 is 0 Å². The molecule has 0 radical (unpaired) electrons. The summed E-state index contributed by atoms with van der Waals surface area (Å²) in [5.41, 5.74) is 2.88. The highest BCUT2D eigenvalue weighted by molar-refractivity contribution is 7.16. The Morgan fingerprint density at radius 3 is 3.08 bits per heavy atom. The van der Waals surface area contributed by atoms with Crippen molar-refractivity contribution in [2.24, 2.45) is 0 Å². The molecule has 0 aliphatic heterocycles. The van der Waals surface area contributed by atoms with Crippen LogP contribution >= 0.6 is 22.9 Å². The van der Waals surface area contributed by atoms with Crippen molar-refractivity contribution in [1.29, 1.82) is 5.26 Å². The zero-order valence-corrected chi connectivity index (χ0v) is 15.0. The molecule has 0 unspecified atom stereocenters. The highest BCUT2D eigenvalue weighted by Gasteiger charge is 2.23. The number of nitrogens with two attached hydrogens (primary N) is 1. The Labute approximate surface area is 150 Å². The summed E-state index contributed by atoms with van der Waals surface area (Å²) >= 11 is 7.55. The van der Waals surface area contributed by atoms with Crippen molar-refractivity contribution in [1.82, 2.24) is 0 Å². The molecule has 1 atom stereocenters. The first-order valence-corrected chi connectivity index (χ1v) is 9.21. The van der Waals surface area contributed by atoms with Gasteiger partial charge in [-0.25, -0.2) is 0 Å². The van der Waals surface area contributed by atoms with Gasteiger partial charge in [0.25, 0.3) is 5.91 Å². The number of rotatable bonds is 5. The van der Waals surface area contributed by atoms with Crippen LogP contribution in [-0.2, 0) is 17.6 Å². The molecule has 1 amide bonds. The molecule has 1 aromatic heterocycles. The number of benzene rings is 1. The summed E-state index contributed by atoms with van der Waals surface area (Å²) < 4.78 is 0. The Balaban J connectivity index is 1.60. The maximum atomic E-state index is 12.2. The molecule has 4 nitrogen and oxygen atoms in total. The van der Waals surface area contributed by atoms with E-state index in [1.807, 2.05) is 36.5 Å². The van der Waals surface area contributed by atoms with Crippen molar-refractivity contribution < 1.29 is 10.1 Å². The third-order valence-corrected chi connectivity index (χ3v) is 5.76. The van der Waals surface area contributed by atoms with E-state index in [1.165, 1.54) is 4.88 Å². The Bertz CT molecular complexity index is 809. The van der Waals surface area contributed by atoms with Crippen LogP contribution in [0.25, 0.3) is 0 Å². The Hall–Kier alpha value is -1.87. The highest BCUT2D eigenvalue weighted by atomic mass is 35.5. The number of thiophene rings is 1. The van der Waals surface area contributed by atoms with E-state index < -0.39 is 0 Å². The Morgan fingerprint density at radius 2 is 2.33 bits per heavy atom. The first-order valence-electron chi connectivity index (χ1n) is 8.01. The summed E-state index contributed by atoms with van der Waals surface area (Å²) in [6.45, 7) is 2.35. The second-order valence-corrected chi connectivity index (χ2v) is 7.55. The van der Waals surface area contributed by atoms with Crippen molar-refractivity contribution in [2.75, 3.05) is 11.9 Å². The van der Waals surface area contributed by atoms with Crippen LogP contribution in [-0.4, -0.2) is 12.5 Å². The van der Waals surface area contributed by atoms with Crippen LogP contribution in [0.2, 0.25) is 5.02 Å². The average molecular weight is 361 g/mol. The number of nitriles is 1. The molecule has 3 N–H and O–H groups in total. The molecule has 1 aliphatic rings. The van der Waals surface area contributed by atoms with E-state index in [0.29, 0.717) is 22.1 Å². The minimum atomic E-state index is -0.0831. The van der Waals surface area contributed by atoms with Crippen LogP contribution in [0.4, 0.5) is 5.00 Å². The van der Waals surface area contributed by atoms with Crippen LogP contribution < -0.4 is 10.6 Å². The fraction of sp³-hybridized carbons (Fsp3) is 0.333. The number of fused-ring (bicyclic) bond motifs is 1. The topological polar surface area (TPSA) is 69.5 Å². The lowest BCUT2D eigenvalue weighted by Gasteiger charge is -2.11. The number of aryl methyl sites for hydroxylation is 1. The van der Waals surface area contributed by atoms with Crippen molar-refractivity contribution in [2.45, 2.75) is 32.2 Å². The standard InChI is InChI=1S/C18H18ClN3OS/c1-11(12-4-2-5-13(19)8-12)21-10-17(23)22-18-15(9-20)14-6-3-7-16(14)24-18/h2,4-5,8,11,21H,3,6-7,10H2,1H3,(H,22,23)/p+1/t11-/m1/s1. The van der Waals surface area contributed by atoms with Gasteiger partial charge in [-0.3, -0.25) is 4.79 Å². The van der Waals surface area contributed by atoms with Crippen LogP contribution in [0.5, 0.6) is 0 Å². The molecule has 0 fully saturated rings. The largest absolute Gasteiger partial charge is 0.333 e. The smallest absolute Gasteiger partial charge is 0.280 e. The second-order valence-electron chi connectivity index (χ2n) is 6.00. The molecule has 3 rings (SSSR count). The van der Waals surface area contributed by atoms with Crippen LogP contribution in [0.1, 0.15) is 41.0 Å². The van der Waals surface area contributed by atoms with Crippen molar-refractivity contribution in [3.8, 4) is 6.07 Å². The molecule has 0 bridgehead atoms. The van der Waals surface area contributed by atoms with E-state index in [-0.39, 0.29) is 11.9 Å². The van der Waals surface area contributed by atoms with E-state index in [0.717, 1.165) is 30.4 Å². The van der Waals surface area contributed by atoms with Crippen LogP contribution in [0.3, 0.4) is 0 Å². The normalized spacial score (nSPS) is 14.0. The van der Waals surface area contributed by atoms with Crippen molar-refractivity contribution in [3.63, 3.8) is 0 Å². The van der Waals surface area contributed by atoms with E-state index in [9.17, 15) is 10.1 Å². The second kappa shape index (κ2) is 7.35. The third-order valence-electron chi connectivity index (χ3n) is 4.32. The van der Waals surface area contributed by atoms with E-state index in [2.05, 4.69) is 11.4 Å². The Kier molecular flexibility index (Phi) is 5.20. The van der Waals surface area contributed by atoms with E-state index in [1.54, 1.807) is 11.3 Å². The number of carbonyl (C=O) groups is 1. The number of carbonyl (C=O) groups excluding carboxylic acids is 1. The van der Waals surface area contributed by atoms with Gasteiger partial charge in [0, 0.05) is 15.5 Å². The SMILES string of the molecule is C[C@@H]([NH2+]CC(=O)Nc1sc2c(c1C#N)CCC2)c1cccc(Cl)c1. The molecular formula is C18H19ClN3OS+. The van der Waals surface area contributed by atoms with Gasteiger partial charge in [-0.2, -0.15) is 5.26 Å².